The third kappa shape index (κ3) is 8.56. The first-order valence-corrected chi connectivity index (χ1v) is 14.9. The first-order valence-electron chi connectivity index (χ1n) is 13.7. The van der Waals surface area contributed by atoms with E-state index in [1.165, 1.54) is 24.2 Å². The van der Waals surface area contributed by atoms with E-state index in [-0.39, 0.29) is 30.3 Å². The molecule has 0 saturated heterocycles. The molecule has 238 valence electrons. The van der Waals surface area contributed by atoms with Crippen molar-refractivity contribution in [2.24, 2.45) is 0 Å². The summed E-state index contributed by atoms with van der Waals surface area (Å²) in [5.74, 6) is -1.10. The van der Waals surface area contributed by atoms with Gasteiger partial charge < -0.3 is 25.5 Å². The summed E-state index contributed by atoms with van der Waals surface area (Å²) in [6, 6.07) is 11.2. The minimum Gasteiger partial charge on any atom is -0.462 e. The van der Waals surface area contributed by atoms with Crippen molar-refractivity contribution < 1.29 is 19.1 Å². The van der Waals surface area contributed by atoms with Crippen molar-refractivity contribution in [2.75, 3.05) is 30.5 Å². The molecular weight excluding hydrogens is 616 g/mol. The number of ether oxygens (including phenoxy) is 2. The van der Waals surface area contributed by atoms with Gasteiger partial charge in [-0.3, -0.25) is 24.8 Å². The maximum absolute atomic E-state index is 11.9. The van der Waals surface area contributed by atoms with E-state index in [0.717, 1.165) is 33.2 Å². The van der Waals surface area contributed by atoms with Gasteiger partial charge in [0.2, 0.25) is 5.95 Å². The van der Waals surface area contributed by atoms with Crippen LogP contribution in [-0.2, 0) is 9.47 Å². The zero-order valence-electron chi connectivity index (χ0n) is 24.9. The lowest BCUT2D eigenvalue weighted by atomic mass is 10.2. The van der Waals surface area contributed by atoms with Crippen molar-refractivity contribution in [1.82, 2.24) is 40.3 Å². The van der Waals surface area contributed by atoms with Gasteiger partial charge in [0.05, 0.1) is 42.8 Å². The number of carbonyl (C=O) groups excluding carboxylic acids is 2. The van der Waals surface area contributed by atoms with Crippen molar-refractivity contribution in [3.63, 3.8) is 0 Å². The van der Waals surface area contributed by atoms with E-state index in [0.29, 0.717) is 5.16 Å². The van der Waals surface area contributed by atoms with E-state index in [1.807, 2.05) is 36.4 Å². The second-order valence-corrected chi connectivity index (χ2v) is 9.86. The van der Waals surface area contributed by atoms with Crippen LogP contribution in [0.3, 0.4) is 0 Å². The Morgan fingerprint density at radius 3 is 1.93 bits per heavy atom. The molecule has 6 rings (SSSR count). The molecule has 0 fully saturated rings. The molecule has 0 aliphatic rings. The van der Waals surface area contributed by atoms with E-state index < -0.39 is 23.1 Å². The number of thioether (sulfide) groups is 1. The van der Waals surface area contributed by atoms with Gasteiger partial charge in [0.1, 0.15) is 11.1 Å². The quantitative estimate of drug-likeness (QED) is 0.0632. The number of aromatic amines is 4. The Hall–Kier alpha value is -5.97. The molecule has 0 unspecified atom stereocenters. The average Bonchev–Trinajstić information content (AvgIpc) is 3.71. The van der Waals surface area contributed by atoms with Gasteiger partial charge in [0.15, 0.2) is 5.16 Å². The van der Waals surface area contributed by atoms with Crippen LogP contribution in [0.5, 0.6) is 0 Å². The van der Waals surface area contributed by atoms with Crippen molar-refractivity contribution in [1.29, 1.82) is 0 Å². The van der Waals surface area contributed by atoms with Crippen LogP contribution in [0.2, 0.25) is 0 Å². The first kappa shape index (κ1) is 32.9. The highest BCUT2D eigenvalue weighted by atomic mass is 32.2. The molecule has 46 heavy (non-hydrogen) atoms. The first-order chi connectivity index (χ1) is 22.2. The lowest BCUT2D eigenvalue weighted by Crippen LogP contribution is -2.21. The van der Waals surface area contributed by atoms with E-state index in [2.05, 4.69) is 50.4 Å². The summed E-state index contributed by atoms with van der Waals surface area (Å²) in [6.45, 7) is 3.78. The summed E-state index contributed by atoms with van der Waals surface area (Å²) in [5, 5.41) is 19.0. The molecule has 0 bridgehead atoms. The Kier molecular flexibility index (Phi) is 11.2. The number of aromatic nitrogens is 8. The Bertz CT molecular complexity index is 2070. The van der Waals surface area contributed by atoms with Gasteiger partial charge in [-0.1, -0.05) is 11.8 Å². The third-order valence-electron chi connectivity index (χ3n) is 5.93. The summed E-state index contributed by atoms with van der Waals surface area (Å²) in [7, 11) is 0. The van der Waals surface area contributed by atoms with Crippen LogP contribution < -0.4 is 22.2 Å². The number of rotatable bonds is 7. The minimum absolute atomic E-state index is 0.0651. The Morgan fingerprint density at radius 2 is 1.37 bits per heavy atom. The van der Waals surface area contributed by atoms with Crippen LogP contribution in [-0.4, -0.2) is 71.7 Å². The predicted molar refractivity (Wildman–Crippen MR) is 173 cm³/mol. The van der Waals surface area contributed by atoms with Gasteiger partial charge in [0, 0.05) is 28.3 Å². The zero-order valence-corrected chi connectivity index (χ0v) is 25.7. The number of fused-ring (bicyclic) bond motifs is 2. The minimum atomic E-state index is -0.693. The van der Waals surface area contributed by atoms with Crippen LogP contribution in [0.25, 0.3) is 21.8 Å². The van der Waals surface area contributed by atoms with Crippen LogP contribution in [0.4, 0.5) is 17.3 Å². The molecule has 4 aromatic heterocycles. The number of benzene rings is 2. The predicted octanol–water partition coefficient (Wildman–Crippen LogP) is 3.38. The van der Waals surface area contributed by atoms with Gasteiger partial charge in [-0.15, -0.1) is 0 Å². The summed E-state index contributed by atoms with van der Waals surface area (Å²) in [5.41, 5.74) is 7.64. The fraction of sp³-hybridized carbons (Fsp3) is 0.172. The summed E-state index contributed by atoms with van der Waals surface area (Å²) >= 11 is 1.30. The highest BCUT2D eigenvalue weighted by molar-refractivity contribution is 7.98. The molecule has 0 aliphatic heterocycles. The number of nitrogen functional groups attached to an aromatic ring is 1. The van der Waals surface area contributed by atoms with E-state index >= 15 is 0 Å². The normalized spacial score (nSPS) is 10.3. The van der Waals surface area contributed by atoms with Crippen molar-refractivity contribution >= 4 is 62.8 Å². The van der Waals surface area contributed by atoms with Crippen molar-refractivity contribution in [2.45, 2.75) is 19.0 Å². The van der Waals surface area contributed by atoms with Gasteiger partial charge in [-0.2, -0.15) is 10.2 Å². The molecule has 2 aromatic carbocycles. The van der Waals surface area contributed by atoms with Gasteiger partial charge in [0.25, 0.3) is 11.1 Å². The number of nitrogens with zero attached hydrogens (tertiary/aromatic N) is 4. The molecule has 6 aromatic rings. The topological polar surface area (TPSA) is 240 Å². The maximum atomic E-state index is 11.9. The second kappa shape index (κ2) is 15.7. The molecule has 17 heteroatoms. The molecule has 4 heterocycles. The second-order valence-electron chi connectivity index (χ2n) is 9.06. The molecule has 0 amide bonds. The smallest absolute Gasteiger partial charge is 0.345 e. The average molecular weight is 647 g/mol. The van der Waals surface area contributed by atoms with Crippen molar-refractivity contribution in [3.8, 4) is 0 Å². The number of hydrogen-bond donors (Lipinski definition) is 6. The number of carbonyl (C=O) groups is 2. The molecule has 0 saturated carbocycles. The summed E-state index contributed by atoms with van der Waals surface area (Å²) < 4.78 is 9.45. The lowest BCUT2D eigenvalue weighted by molar-refractivity contribution is 0.0514. The van der Waals surface area contributed by atoms with Crippen molar-refractivity contribution in [3.05, 3.63) is 93.0 Å². The largest absolute Gasteiger partial charge is 0.462 e. The van der Waals surface area contributed by atoms with Gasteiger partial charge in [-0.05, 0) is 56.5 Å². The van der Waals surface area contributed by atoms with Gasteiger partial charge >= 0.3 is 11.9 Å². The van der Waals surface area contributed by atoms with Crippen LogP contribution in [0.1, 0.15) is 34.6 Å². The molecule has 0 atom stereocenters. The molecule has 0 aliphatic carbocycles. The highest BCUT2D eigenvalue weighted by Crippen LogP contribution is 2.18. The molecule has 0 spiro atoms. The monoisotopic (exact) mass is 646 g/mol. The number of H-pyrrole nitrogens is 4. The number of nitrogens with one attached hydrogen (secondary N) is 5. The Labute approximate surface area is 264 Å². The number of hydrogen-bond acceptors (Lipinski definition) is 13. The fourth-order valence-corrected chi connectivity index (χ4v) is 4.11. The Balaban J connectivity index is 0.000000171. The summed E-state index contributed by atoms with van der Waals surface area (Å²) in [4.78, 5) is 58.7. The number of esters is 2. The highest BCUT2D eigenvalue weighted by Gasteiger charge is 2.13. The number of nitrogens with two attached hydrogens (primary N) is 1. The van der Waals surface area contributed by atoms with Crippen LogP contribution in [0.15, 0.2) is 75.9 Å². The number of anilines is 3. The molecule has 16 nitrogen and oxygen atoms in total. The van der Waals surface area contributed by atoms with E-state index in [1.54, 1.807) is 32.5 Å². The zero-order chi connectivity index (χ0) is 33.1. The SMILES string of the molecule is CCOC(=O)c1cnc(Nc2ccc3cn[nH]c3c2)[nH]c1=O.CCOC(=O)c1cnc(SC)[nH]c1=O.Nc1ccc2cn[nH]c2c1. The standard InChI is InChI=1S/C14H13N5O3.C8H10N2O3S.C7H7N3/c1-2-22-13(21)10-7-15-14(18-12(10)20)17-9-4-3-8-6-16-19-11(8)5-9;1-3-13-7(12)5-4-9-8(14-2)10-6(5)11;8-6-2-1-5-4-9-10-7(5)3-6/h3-7H,2H2,1H3,(H,16,19)(H2,15,17,18,20);4H,3H2,1-2H3,(H,9,10,11);1-4H,8H2,(H,9,10). The fourth-order valence-electron chi connectivity index (χ4n) is 3.76. The molecular formula is C29H30N10O6S. The van der Waals surface area contributed by atoms with E-state index in [9.17, 15) is 19.2 Å². The molecule has 0 radical (unpaired) electrons. The maximum Gasteiger partial charge on any atom is 0.345 e. The lowest BCUT2D eigenvalue weighted by Gasteiger charge is -2.06. The Morgan fingerprint density at radius 1 is 0.804 bits per heavy atom. The van der Waals surface area contributed by atoms with Crippen LogP contribution >= 0.6 is 11.8 Å². The molecule has 7 N–H and O–H groups in total. The van der Waals surface area contributed by atoms with E-state index in [4.69, 9.17) is 10.5 Å². The van der Waals surface area contributed by atoms with Gasteiger partial charge in [-0.25, -0.2) is 19.6 Å². The summed E-state index contributed by atoms with van der Waals surface area (Å²) in [6.07, 6.45) is 7.68. The van der Waals surface area contributed by atoms with Crippen LogP contribution in [0, 0.1) is 0 Å². The third-order valence-corrected chi connectivity index (χ3v) is 6.52.